The molecule has 7 rings (SSSR count). The molecule has 2 saturated heterocycles. The minimum atomic E-state index is -1.70. The lowest BCUT2D eigenvalue weighted by Crippen LogP contribution is -2.84. The highest BCUT2D eigenvalue weighted by atomic mass is 16.7. The molecule has 4 aliphatic carbocycles. The minimum absolute atomic E-state index is 0.000547. The smallest absolute Gasteiger partial charge is 0.310 e. The number of fused-ring (bicyclic) bond motifs is 1. The van der Waals surface area contributed by atoms with Crippen molar-refractivity contribution in [1.29, 1.82) is 0 Å². The summed E-state index contributed by atoms with van der Waals surface area (Å²) in [6, 6.07) is 1.81. The van der Waals surface area contributed by atoms with Crippen LogP contribution in [-0.2, 0) is 33.3 Å². The number of hydrogen-bond donors (Lipinski definition) is 4. The molecule has 3 heterocycles. The number of hydrogen-bond acceptors (Lipinski definition) is 12. The highest BCUT2D eigenvalue weighted by Gasteiger charge is 2.92. The summed E-state index contributed by atoms with van der Waals surface area (Å²) >= 11 is 0. The van der Waals surface area contributed by atoms with Crippen molar-refractivity contribution in [3.8, 4) is 0 Å². The fraction of sp³-hybridized carbons (Fsp3) is 0.788. The highest BCUT2D eigenvalue weighted by Crippen LogP contribution is 2.82. The largest absolute Gasteiger partial charge is 0.472 e. The fourth-order valence-corrected chi connectivity index (χ4v) is 11.3. The van der Waals surface area contributed by atoms with Crippen LogP contribution in [0.5, 0.6) is 0 Å². The van der Waals surface area contributed by atoms with Crippen molar-refractivity contribution >= 4 is 17.7 Å². The molecule has 6 aliphatic rings. The number of epoxide rings is 1. The van der Waals surface area contributed by atoms with E-state index >= 15 is 0 Å². The van der Waals surface area contributed by atoms with Gasteiger partial charge in [-0.15, -0.1) is 0 Å². The van der Waals surface area contributed by atoms with Gasteiger partial charge in [-0.25, -0.2) is 0 Å². The Morgan fingerprint density at radius 2 is 1.80 bits per heavy atom. The average Bonchev–Trinajstić information content (AvgIpc) is 3.35. The van der Waals surface area contributed by atoms with E-state index < -0.39 is 99.5 Å². The summed E-state index contributed by atoms with van der Waals surface area (Å²) in [5, 5.41) is 48.3. The van der Waals surface area contributed by atoms with Gasteiger partial charge in [-0.2, -0.15) is 0 Å². The van der Waals surface area contributed by atoms with E-state index in [0.717, 1.165) is 5.56 Å². The number of ketones is 1. The number of aliphatic hydroxyl groups is 4. The molecular weight excluding hydrogens is 588 g/mol. The van der Waals surface area contributed by atoms with Crippen molar-refractivity contribution in [3.05, 3.63) is 24.2 Å². The quantitative estimate of drug-likeness (QED) is 0.271. The van der Waals surface area contributed by atoms with Crippen LogP contribution in [-0.4, -0.2) is 93.3 Å². The SMILES string of the molecule is CC[C@@H](C)C(=O)O[C@H]1OC[C@@]23[C@H]4C(=O)[C@@H](O)[C@@]5(C)[C@H](c6ccoc6)C[C@H]6O[C@]65[C@]4(C)[C@H](O)C[C@H]2[C@]1(C)[C@H](OC(C)=O)[C@H](O)[C@@H]3O. The van der Waals surface area contributed by atoms with Gasteiger partial charge in [-0.1, -0.05) is 27.7 Å². The number of rotatable bonds is 5. The van der Waals surface area contributed by atoms with Gasteiger partial charge in [-0.05, 0) is 43.7 Å². The summed E-state index contributed by atoms with van der Waals surface area (Å²) < 4.78 is 29.7. The van der Waals surface area contributed by atoms with Gasteiger partial charge in [0.1, 0.15) is 23.9 Å². The second-order valence-electron chi connectivity index (χ2n) is 15.1. The molecule has 12 heteroatoms. The summed E-state index contributed by atoms with van der Waals surface area (Å²) in [5.41, 5.74) is -5.84. The zero-order valence-corrected chi connectivity index (χ0v) is 26.5. The third-order valence-electron chi connectivity index (χ3n) is 13.6. The summed E-state index contributed by atoms with van der Waals surface area (Å²) in [5.74, 6) is -4.73. The van der Waals surface area contributed by atoms with E-state index in [-0.39, 0.29) is 25.0 Å². The van der Waals surface area contributed by atoms with Crippen molar-refractivity contribution in [2.45, 2.75) is 115 Å². The first-order chi connectivity index (χ1) is 21.1. The number of esters is 2. The molecule has 0 aromatic carbocycles. The van der Waals surface area contributed by atoms with Crippen molar-refractivity contribution in [2.75, 3.05) is 6.61 Å². The second kappa shape index (κ2) is 9.60. The average molecular weight is 633 g/mol. The van der Waals surface area contributed by atoms with Crippen LogP contribution < -0.4 is 0 Å². The molecule has 248 valence electrons. The summed E-state index contributed by atoms with van der Waals surface area (Å²) in [6.45, 7) is 9.66. The Kier molecular flexibility index (Phi) is 6.67. The van der Waals surface area contributed by atoms with Crippen LogP contribution in [0.1, 0.15) is 72.3 Å². The van der Waals surface area contributed by atoms with Gasteiger partial charge >= 0.3 is 11.9 Å². The number of Topliss-reactive ketones (excluding diaryl/α,β-unsaturated/α-hetero) is 1. The monoisotopic (exact) mass is 632 g/mol. The lowest BCUT2D eigenvalue weighted by Gasteiger charge is -2.73. The van der Waals surface area contributed by atoms with E-state index in [1.165, 1.54) is 6.92 Å². The van der Waals surface area contributed by atoms with Gasteiger partial charge in [0, 0.05) is 35.0 Å². The Labute approximate surface area is 261 Å². The molecule has 0 unspecified atom stereocenters. The van der Waals surface area contributed by atoms with Crippen molar-refractivity contribution in [1.82, 2.24) is 0 Å². The normalized spacial score (nSPS) is 53.3. The molecule has 4 saturated carbocycles. The minimum Gasteiger partial charge on any atom is -0.472 e. The predicted molar refractivity (Wildman–Crippen MR) is 152 cm³/mol. The van der Waals surface area contributed by atoms with Crippen LogP contribution >= 0.6 is 0 Å². The third kappa shape index (κ3) is 3.36. The third-order valence-corrected chi connectivity index (χ3v) is 13.6. The van der Waals surface area contributed by atoms with Gasteiger partial charge in [0.25, 0.3) is 0 Å². The molecular formula is C33H44O12. The van der Waals surface area contributed by atoms with Crippen LogP contribution in [0.15, 0.2) is 23.0 Å². The lowest BCUT2D eigenvalue weighted by atomic mass is 9.33. The van der Waals surface area contributed by atoms with Crippen molar-refractivity contribution in [3.63, 3.8) is 0 Å². The number of carbonyl (C=O) groups excluding carboxylic acids is 3. The van der Waals surface area contributed by atoms with E-state index in [9.17, 15) is 34.8 Å². The van der Waals surface area contributed by atoms with Gasteiger partial charge < -0.3 is 43.8 Å². The zero-order chi connectivity index (χ0) is 32.6. The van der Waals surface area contributed by atoms with Gasteiger partial charge in [0.15, 0.2) is 5.78 Å². The summed E-state index contributed by atoms with van der Waals surface area (Å²) in [6.07, 6.45) is -5.08. The molecule has 0 radical (unpaired) electrons. The first-order valence-electron chi connectivity index (χ1n) is 16.0. The van der Waals surface area contributed by atoms with E-state index in [2.05, 4.69) is 0 Å². The number of ether oxygens (including phenoxy) is 4. The highest BCUT2D eigenvalue weighted by molar-refractivity contribution is 5.91. The molecule has 0 amide bonds. The molecule has 16 atom stereocenters. The maximum Gasteiger partial charge on any atom is 0.310 e. The van der Waals surface area contributed by atoms with Crippen LogP contribution in [0.3, 0.4) is 0 Å². The van der Waals surface area contributed by atoms with Crippen LogP contribution in [0.4, 0.5) is 0 Å². The summed E-state index contributed by atoms with van der Waals surface area (Å²) in [4.78, 5) is 40.3. The van der Waals surface area contributed by atoms with Crippen molar-refractivity contribution in [2.24, 2.45) is 39.4 Å². The Morgan fingerprint density at radius 3 is 2.42 bits per heavy atom. The molecule has 2 bridgehead atoms. The lowest BCUT2D eigenvalue weighted by molar-refractivity contribution is -0.391. The fourth-order valence-electron chi connectivity index (χ4n) is 11.3. The van der Waals surface area contributed by atoms with Gasteiger partial charge in [0.2, 0.25) is 6.29 Å². The molecule has 4 N–H and O–H groups in total. The molecule has 1 spiro atoms. The molecule has 6 fully saturated rings. The molecule has 2 aliphatic heterocycles. The van der Waals surface area contributed by atoms with E-state index in [4.69, 9.17) is 23.4 Å². The van der Waals surface area contributed by atoms with Gasteiger partial charge in [0.05, 0.1) is 48.8 Å². The number of aliphatic hydroxyl groups excluding tert-OH is 4. The van der Waals surface area contributed by atoms with Crippen LogP contribution in [0, 0.1) is 39.4 Å². The molecule has 12 nitrogen and oxygen atoms in total. The second-order valence-corrected chi connectivity index (χ2v) is 15.1. The molecule has 45 heavy (non-hydrogen) atoms. The Hall–Kier alpha value is -2.35. The Balaban J connectivity index is 1.39. The standard InChI is InChI=1S/C33H44O12/c1-7-14(2)27(40)44-28-29(4)18-11-19(35)31(6)23(32(18,13-42-28)25(39)22(37)26(29)43-15(3)34)21(36)24(38)30(5)17(16-8-9-41-12-16)10-20-33(30,31)45-20/h8-9,12,14,17-20,22-26,28,35,37-39H,7,10-11,13H2,1-6H3/t14-,17+,18+,19-,20-,22-,23+,24-,25+,26-,28-,29-,30-,31-,32+,33-/m1/s1. The molecule has 1 aromatic rings. The predicted octanol–water partition coefficient (Wildman–Crippen LogP) is 1.46. The Bertz CT molecular complexity index is 1410. The van der Waals surface area contributed by atoms with Crippen LogP contribution in [0.25, 0.3) is 0 Å². The van der Waals surface area contributed by atoms with Crippen molar-refractivity contribution < 1.29 is 58.2 Å². The first-order valence-corrected chi connectivity index (χ1v) is 16.0. The van der Waals surface area contributed by atoms with Gasteiger partial charge in [-0.3, -0.25) is 14.4 Å². The van der Waals surface area contributed by atoms with E-state index in [1.807, 2.05) is 19.9 Å². The van der Waals surface area contributed by atoms with E-state index in [0.29, 0.717) is 12.8 Å². The van der Waals surface area contributed by atoms with E-state index in [1.54, 1.807) is 33.3 Å². The first kappa shape index (κ1) is 31.3. The maximum atomic E-state index is 14.8. The number of furan rings is 1. The topological polar surface area (TPSA) is 185 Å². The molecule has 1 aromatic heterocycles. The maximum absolute atomic E-state index is 14.8. The summed E-state index contributed by atoms with van der Waals surface area (Å²) in [7, 11) is 0. The number of carbonyl (C=O) groups is 3. The van der Waals surface area contributed by atoms with Crippen LogP contribution in [0.2, 0.25) is 0 Å². The Morgan fingerprint density at radius 1 is 1.09 bits per heavy atom. The zero-order valence-electron chi connectivity index (χ0n) is 26.5.